The average molecular weight is 973 g/mol. The second-order valence-corrected chi connectivity index (χ2v) is 10.8. The van der Waals surface area contributed by atoms with E-state index in [4.69, 9.17) is 12.8 Å². The first kappa shape index (κ1) is 35.2. The molecule has 4 heterocycles. The maximum absolute atomic E-state index is 7.18. The molecule has 236 valence electrons. The van der Waals surface area contributed by atoms with Crippen LogP contribution in [0.2, 0.25) is 0 Å². The molecule has 0 unspecified atom stereocenters. The maximum Gasteiger partial charge on any atom is 1.00 e. The Morgan fingerprint density at radius 1 is 0.511 bits per heavy atom. The van der Waals surface area contributed by atoms with Gasteiger partial charge in [-0.05, 0) is 40.8 Å². The Morgan fingerprint density at radius 2 is 0.979 bits per heavy atom. The number of aryl methyl sites for hydroxylation is 2. The summed E-state index contributed by atoms with van der Waals surface area (Å²) in [5.74, 6) is 4.86. The van der Waals surface area contributed by atoms with Crippen LogP contribution in [0.3, 0.4) is 0 Å². The molecule has 0 saturated heterocycles. The monoisotopic (exact) mass is 972 g/mol. The van der Waals surface area contributed by atoms with E-state index in [9.17, 15) is 0 Å². The molecule has 6 heteroatoms. The van der Waals surface area contributed by atoms with E-state index in [1.807, 2.05) is 73.1 Å². The van der Waals surface area contributed by atoms with E-state index in [0.29, 0.717) is 0 Å². The molecule has 0 aliphatic rings. The molecule has 0 atom stereocenters. The maximum atomic E-state index is 7.18. The summed E-state index contributed by atoms with van der Waals surface area (Å²) in [6, 6.07) is 36.7. The number of para-hydroxylation sites is 2. The molecular formula is C41H30Au2N4. The van der Waals surface area contributed by atoms with Gasteiger partial charge < -0.3 is 22.0 Å². The van der Waals surface area contributed by atoms with Crippen molar-refractivity contribution in [1.29, 1.82) is 0 Å². The van der Waals surface area contributed by atoms with Gasteiger partial charge in [0.15, 0.2) is 0 Å². The number of rotatable bonds is 2. The molecule has 4 aromatic heterocycles. The van der Waals surface area contributed by atoms with Gasteiger partial charge in [-0.2, -0.15) is 0 Å². The van der Waals surface area contributed by atoms with Crippen LogP contribution < -0.4 is 0 Å². The number of fused-ring (bicyclic) bond motifs is 6. The third-order valence-corrected chi connectivity index (χ3v) is 7.97. The van der Waals surface area contributed by atoms with E-state index in [-0.39, 0.29) is 44.8 Å². The summed E-state index contributed by atoms with van der Waals surface area (Å²) in [5, 5.41) is 4.92. The zero-order chi connectivity index (χ0) is 31.2. The minimum absolute atomic E-state index is 0. The van der Waals surface area contributed by atoms with Gasteiger partial charge in [-0.15, -0.1) is 35.4 Å². The Kier molecular flexibility index (Phi) is 12.2. The van der Waals surface area contributed by atoms with E-state index in [1.54, 1.807) is 12.4 Å². The second kappa shape index (κ2) is 16.3. The van der Waals surface area contributed by atoms with Crippen LogP contribution in [0.15, 0.2) is 134 Å². The van der Waals surface area contributed by atoms with Crippen LogP contribution in [0.5, 0.6) is 0 Å². The van der Waals surface area contributed by atoms with Crippen molar-refractivity contribution in [2.45, 2.75) is 6.42 Å². The van der Waals surface area contributed by atoms with E-state index >= 15 is 0 Å². The first-order chi connectivity index (χ1) is 22.1. The average Bonchev–Trinajstić information content (AvgIpc) is 3.56. The van der Waals surface area contributed by atoms with Crippen molar-refractivity contribution in [3.63, 3.8) is 0 Å². The second-order valence-electron chi connectivity index (χ2n) is 10.8. The molecule has 0 amide bonds. The fourth-order valence-corrected chi connectivity index (χ4v) is 5.73. The molecule has 0 radical (unpaired) electrons. The topological polar surface area (TPSA) is 35.6 Å². The van der Waals surface area contributed by atoms with Crippen LogP contribution in [-0.2, 0) is 65.3 Å². The fraction of sp³-hybridized carbons (Fsp3) is 0.0732. The van der Waals surface area contributed by atoms with Crippen molar-refractivity contribution >= 4 is 43.6 Å². The van der Waals surface area contributed by atoms with Gasteiger partial charge in [0, 0.05) is 83.5 Å². The van der Waals surface area contributed by atoms with Crippen LogP contribution in [0, 0.1) is 24.7 Å². The Morgan fingerprint density at radius 3 is 1.53 bits per heavy atom. The summed E-state index contributed by atoms with van der Waals surface area (Å²) in [5.41, 5.74) is 8.87. The van der Waals surface area contributed by atoms with Gasteiger partial charge in [-0.1, -0.05) is 60.7 Å². The van der Waals surface area contributed by atoms with Crippen LogP contribution in [0.1, 0.15) is 22.3 Å². The zero-order valence-corrected chi connectivity index (χ0v) is 30.1. The van der Waals surface area contributed by atoms with Crippen LogP contribution in [-0.4, -0.2) is 19.1 Å². The third-order valence-electron chi connectivity index (χ3n) is 7.97. The number of hydrogen-bond donors (Lipinski definition) is 0. The predicted octanol–water partition coefficient (Wildman–Crippen LogP) is 8.60. The number of pyridine rings is 2. The molecule has 47 heavy (non-hydrogen) atoms. The Balaban J connectivity index is 0.000000157. The van der Waals surface area contributed by atoms with Crippen molar-refractivity contribution in [2.75, 3.05) is 0 Å². The minimum Gasteiger partial charge on any atom is -0.366 e. The van der Waals surface area contributed by atoms with E-state index in [2.05, 4.69) is 93.6 Å². The van der Waals surface area contributed by atoms with Crippen LogP contribution >= 0.6 is 0 Å². The molecule has 8 rings (SSSR count). The SMILES string of the molecule is [Au+].[Au+].[C-]#Cc1ccc2c(c1)c1ccccc1n2C.[C-]#Cc1ccc2c3ccccc3n(C)c2c1.c1cncc(Cc2cccnc2)c1. The third kappa shape index (κ3) is 7.69. The standard InChI is InChI=1S/2C15H10N.C11H10N2.2Au/c1-3-11-8-9-15-13(10-11)12-6-4-5-7-14(12)16(15)2;1-3-11-8-9-13-12-6-4-5-7-14(12)16(2)15(13)10-11;1-3-10(8-12-5-1)7-11-4-2-6-13-9-11;;/h2*4-10H,2H3;1-6,8-9H,7H2;;/q2*-1;;2*+1. The smallest absolute Gasteiger partial charge is 0.366 e. The molecular weight excluding hydrogens is 942 g/mol. The Hall–Kier alpha value is -4.62. The number of benzene rings is 4. The molecule has 0 N–H and O–H groups in total. The summed E-state index contributed by atoms with van der Waals surface area (Å²) >= 11 is 0. The van der Waals surface area contributed by atoms with Gasteiger partial charge in [-0.25, -0.2) is 0 Å². The largest absolute Gasteiger partial charge is 1.00 e. The van der Waals surface area contributed by atoms with Gasteiger partial charge in [0.25, 0.3) is 0 Å². The number of aromatic nitrogens is 4. The van der Waals surface area contributed by atoms with Gasteiger partial charge in [0.1, 0.15) is 0 Å². The van der Waals surface area contributed by atoms with E-state index in [0.717, 1.165) is 23.1 Å². The summed E-state index contributed by atoms with van der Waals surface area (Å²) < 4.78 is 4.34. The van der Waals surface area contributed by atoms with Crippen molar-refractivity contribution in [1.82, 2.24) is 19.1 Å². The molecule has 4 nitrogen and oxygen atoms in total. The number of hydrogen-bond acceptors (Lipinski definition) is 2. The van der Waals surface area contributed by atoms with Crippen molar-refractivity contribution in [3.05, 3.63) is 169 Å². The molecule has 0 aliphatic carbocycles. The Bertz CT molecular complexity index is 2300. The first-order valence-electron chi connectivity index (χ1n) is 14.6. The molecule has 0 saturated carbocycles. The first-order valence-corrected chi connectivity index (χ1v) is 14.6. The van der Waals surface area contributed by atoms with Crippen LogP contribution in [0.25, 0.3) is 43.6 Å². The van der Waals surface area contributed by atoms with Crippen LogP contribution in [0.4, 0.5) is 0 Å². The molecule has 0 fully saturated rings. The molecule has 0 bridgehead atoms. The molecule has 0 aliphatic heterocycles. The molecule has 0 spiro atoms. The molecule has 4 aromatic carbocycles. The van der Waals surface area contributed by atoms with Gasteiger partial charge in [0.05, 0.1) is 0 Å². The minimum atomic E-state index is 0. The van der Waals surface area contributed by atoms with Gasteiger partial charge in [-0.3, -0.25) is 21.8 Å². The normalized spacial score (nSPS) is 10.0. The number of nitrogens with zero attached hydrogens (tertiary/aromatic N) is 4. The van der Waals surface area contributed by atoms with Crippen molar-refractivity contribution in [2.24, 2.45) is 14.1 Å². The van der Waals surface area contributed by atoms with Crippen molar-refractivity contribution < 1.29 is 44.8 Å². The fourth-order valence-electron chi connectivity index (χ4n) is 5.73. The van der Waals surface area contributed by atoms with Crippen molar-refractivity contribution in [3.8, 4) is 11.8 Å². The quantitative estimate of drug-likeness (QED) is 0.0990. The summed E-state index contributed by atoms with van der Waals surface area (Å²) in [7, 11) is 4.12. The molecule has 8 aromatic rings. The predicted molar refractivity (Wildman–Crippen MR) is 185 cm³/mol. The van der Waals surface area contributed by atoms with E-state index < -0.39 is 0 Å². The summed E-state index contributed by atoms with van der Waals surface area (Å²) in [4.78, 5) is 8.12. The Labute approximate surface area is 306 Å². The summed E-state index contributed by atoms with van der Waals surface area (Å²) in [6.45, 7) is 0. The van der Waals surface area contributed by atoms with Gasteiger partial charge in [0.2, 0.25) is 0 Å². The van der Waals surface area contributed by atoms with Gasteiger partial charge >= 0.3 is 44.8 Å². The van der Waals surface area contributed by atoms with E-state index in [1.165, 1.54) is 49.2 Å². The zero-order valence-electron chi connectivity index (χ0n) is 25.8. The summed E-state index contributed by atoms with van der Waals surface area (Å²) in [6.07, 6.45) is 22.6.